The third-order valence-corrected chi connectivity index (χ3v) is 7.54. The van der Waals surface area contributed by atoms with Gasteiger partial charge in [0.05, 0.1) is 17.5 Å². The molecule has 3 atom stereocenters. The van der Waals surface area contributed by atoms with Crippen LogP contribution in [0.2, 0.25) is 0 Å². The van der Waals surface area contributed by atoms with Crippen LogP contribution in [0.3, 0.4) is 0 Å². The minimum absolute atomic E-state index is 0.0192. The maximum atomic E-state index is 13.1. The Morgan fingerprint density at radius 3 is 2.62 bits per heavy atom. The number of Topliss-reactive ketones (excluding diaryl/α,β-unsaturated/α-hetero) is 1. The van der Waals surface area contributed by atoms with Crippen molar-refractivity contribution in [3.8, 4) is 23.0 Å². The number of hydrogen-bond donors (Lipinski definition) is 2. The molecular formula is C27H27N9O3. The summed E-state index contributed by atoms with van der Waals surface area (Å²) < 4.78 is 6.48. The number of hydrogen-bond acceptors (Lipinski definition) is 9. The van der Waals surface area contributed by atoms with Crippen molar-refractivity contribution in [2.45, 2.75) is 50.6 Å². The van der Waals surface area contributed by atoms with E-state index in [1.165, 1.54) is 17.8 Å². The second-order valence-corrected chi connectivity index (χ2v) is 9.87. The topological polar surface area (TPSA) is 157 Å². The lowest BCUT2D eigenvalue weighted by molar-refractivity contribution is 0.0556. The maximum Gasteiger partial charge on any atom is 0.291 e. The zero-order valence-electron chi connectivity index (χ0n) is 21.6. The average Bonchev–Trinajstić information content (AvgIpc) is 3.67. The lowest BCUT2D eigenvalue weighted by Gasteiger charge is -2.38. The number of nitrogens with one attached hydrogen (secondary N) is 1. The average molecular weight is 526 g/mol. The van der Waals surface area contributed by atoms with Crippen LogP contribution in [-0.4, -0.2) is 77.2 Å². The highest BCUT2D eigenvalue weighted by Crippen LogP contribution is 2.45. The van der Waals surface area contributed by atoms with E-state index in [1.54, 1.807) is 19.5 Å². The van der Waals surface area contributed by atoms with E-state index in [4.69, 9.17) is 15.5 Å². The zero-order valence-corrected chi connectivity index (χ0v) is 21.6. The number of nitrogens with zero attached hydrogens (tertiary/aromatic N) is 7. The monoisotopic (exact) mass is 525 g/mol. The Morgan fingerprint density at radius 2 is 1.97 bits per heavy atom. The van der Waals surface area contributed by atoms with Gasteiger partial charge in [0.2, 0.25) is 5.82 Å². The van der Waals surface area contributed by atoms with Gasteiger partial charge in [-0.3, -0.25) is 14.7 Å². The SMILES string of the molecule is COCC#Cc1ccc(-c2cnn3c(N)c(C(C)=O)c(C4C[C@H]5CC[C@@H](C4)N5C(=O)c4ncn[nH]4)nc23)cn1. The zero-order chi connectivity index (χ0) is 27.1. The molecule has 1 amide bonds. The molecule has 0 radical (unpaired) electrons. The molecule has 2 aliphatic rings. The van der Waals surface area contributed by atoms with Gasteiger partial charge in [0.1, 0.15) is 24.4 Å². The molecule has 6 heterocycles. The van der Waals surface area contributed by atoms with Gasteiger partial charge in [0, 0.05) is 42.4 Å². The first kappa shape index (κ1) is 24.7. The standard InChI is InChI=1S/C27H27N9O3/c1-15(37)22-23(17-10-19-7-8-20(11-17)35(19)27(38)25-30-14-31-34-25)33-26-21(13-32-36(26)24(22)28)16-5-6-18(29-12-16)4-3-9-39-2/h5-6,12-14,17,19-20H,7-11,28H2,1-2H3,(H,30,31,34)/t17?,19-,20+. The van der Waals surface area contributed by atoms with Gasteiger partial charge in [-0.25, -0.2) is 15.0 Å². The van der Waals surface area contributed by atoms with Crippen LogP contribution < -0.4 is 5.73 Å². The molecule has 39 heavy (non-hydrogen) atoms. The second-order valence-electron chi connectivity index (χ2n) is 9.87. The first-order valence-corrected chi connectivity index (χ1v) is 12.8. The number of aromatic amines is 1. The quantitative estimate of drug-likeness (QED) is 0.294. The molecule has 2 fully saturated rings. The van der Waals surface area contributed by atoms with Crippen LogP contribution in [0, 0.1) is 11.8 Å². The maximum absolute atomic E-state index is 13.1. The van der Waals surface area contributed by atoms with Gasteiger partial charge in [-0.2, -0.15) is 14.7 Å². The van der Waals surface area contributed by atoms with Crippen LogP contribution in [-0.2, 0) is 4.74 Å². The Hall–Kier alpha value is -4.63. The molecule has 4 aromatic rings. The number of ketones is 1. The van der Waals surface area contributed by atoms with E-state index < -0.39 is 0 Å². The smallest absolute Gasteiger partial charge is 0.291 e. The minimum Gasteiger partial charge on any atom is -0.383 e. The van der Waals surface area contributed by atoms with Crippen LogP contribution in [0.15, 0.2) is 30.9 Å². The fourth-order valence-corrected chi connectivity index (χ4v) is 5.88. The predicted molar refractivity (Wildman–Crippen MR) is 141 cm³/mol. The summed E-state index contributed by atoms with van der Waals surface area (Å²) in [6.07, 6.45) is 7.87. The lowest BCUT2D eigenvalue weighted by Crippen LogP contribution is -2.46. The van der Waals surface area contributed by atoms with Crippen molar-refractivity contribution in [2.24, 2.45) is 0 Å². The van der Waals surface area contributed by atoms with Crippen LogP contribution in [0.1, 0.15) is 70.9 Å². The molecule has 0 aromatic carbocycles. The summed E-state index contributed by atoms with van der Waals surface area (Å²) in [4.78, 5) is 41.3. The van der Waals surface area contributed by atoms with E-state index in [-0.39, 0.29) is 41.3 Å². The van der Waals surface area contributed by atoms with Gasteiger partial charge in [0.15, 0.2) is 11.4 Å². The van der Waals surface area contributed by atoms with E-state index in [0.717, 1.165) is 24.0 Å². The summed E-state index contributed by atoms with van der Waals surface area (Å²) in [6, 6.07) is 3.77. The summed E-state index contributed by atoms with van der Waals surface area (Å²) in [5.41, 5.74) is 10.3. The highest BCUT2D eigenvalue weighted by molar-refractivity contribution is 6.00. The first-order chi connectivity index (χ1) is 19.0. The van der Waals surface area contributed by atoms with Crippen molar-refractivity contribution >= 4 is 23.2 Å². The van der Waals surface area contributed by atoms with Gasteiger partial charge in [-0.05, 0) is 50.7 Å². The molecule has 0 spiro atoms. The molecule has 2 saturated heterocycles. The molecule has 198 valence electrons. The van der Waals surface area contributed by atoms with Gasteiger partial charge < -0.3 is 15.4 Å². The summed E-state index contributed by atoms with van der Waals surface area (Å²) in [5, 5.41) is 10.9. The molecule has 12 nitrogen and oxygen atoms in total. The molecule has 2 aliphatic heterocycles. The third-order valence-electron chi connectivity index (χ3n) is 7.54. The van der Waals surface area contributed by atoms with E-state index in [1.807, 2.05) is 17.0 Å². The first-order valence-electron chi connectivity index (χ1n) is 12.8. The third kappa shape index (κ3) is 4.30. The molecule has 0 saturated carbocycles. The van der Waals surface area contributed by atoms with Crippen LogP contribution in [0.4, 0.5) is 5.82 Å². The Morgan fingerprint density at radius 1 is 1.18 bits per heavy atom. The van der Waals surface area contributed by atoms with Gasteiger partial charge >= 0.3 is 0 Å². The van der Waals surface area contributed by atoms with Crippen molar-refractivity contribution in [1.82, 2.24) is 39.7 Å². The van der Waals surface area contributed by atoms with Gasteiger partial charge in [-0.15, -0.1) is 0 Å². The van der Waals surface area contributed by atoms with E-state index >= 15 is 0 Å². The summed E-state index contributed by atoms with van der Waals surface area (Å²) in [6.45, 7) is 1.83. The summed E-state index contributed by atoms with van der Waals surface area (Å²) in [5.74, 6) is 6.00. The number of rotatable bonds is 5. The lowest BCUT2D eigenvalue weighted by atomic mass is 9.85. The Labute approximate surface area is 224 Å². The number of aromatic nitrogens is 7. The molecule has 1 unspecified atom stereocenters. The number of anilines is 1. The fraction of sp³-hybridized carbons (Fsp3) is 0.370. The van der Waals surface area contributed by atoms with Crippen LogP contribution >= 0.6 is 0 Å². The normalized spacial score (nSPS) is 20.2. The van der Waals surface area contributed by atoms with Crippen molar-refractivity contribution in [3.63, 3.8) is 0 Å². The number of ether oxygens (including phenoxy) is 1. The van der Waals surface area contributed by atoms with Crippen molar-refractivity contribution < 1.29 is 14.3 Å². The van der Waals surface area contributed by atoms with E-state index in [2.05, 4.69) is 37.1 Å². The number of carbonyl (C=O) groups is 2. The summed E-state index contributed by atoms with van der Waals surface area (Å²) in [7, 11) is 1.59. The minimum atomic E-state index is -0.165. The molecule has 4 aromatic heterocycles. The second kappa shape index (κ2) is 9.92. The van der Waals surface area contributed by atoms with E-state index in [9.17, 15) is 9.59 Å². The number of H-pyrrole nitrogens is 1. The number of fused-ring (bicyclic) bond motifs is 3. The number of amides is 1. The molecule has 2 bridgehead atoms. The van der Waals surface area contributed by atoms with Crippen molar-refractivity contribution in [2.75, 3.05) is 19.5 Å². The Kier molecular flexibility index (Phi) is 6.28. The Bertz CT molecular complexity index is 1600. The van der Waals surface area contributed by atoms with Crippen molar-refractivity contribution in [1.29, 1.82) is 0 Å². The van der Waals surface area contributed by atoms with E-state index in [0.29, 0.717) is 42.0 Å². The number of methoxy groups -OCH3 is 1. The molecule has 12 heteroatoms. The highest BCUT2D eigenvalue weighted by atomic mass is 16.5. The predicted octanol–water partition coefficient (Wildman–Crippen LogP) is 2.24. The van der Waals surface area contributed by atoms with Gasteiger partial charge in [0.25, 0.3) is 5.91 Å². The molecular weight excluding hydrogens is 498 g/mol. The van der Waals surface area contributed by atoms with Crippen molar-refractivity contribution in [3.05, 3.63) is 53.6 Å². The van der Waals surface area contributed by atoms with Crippen LogP contribution in [0.5, 0.6) is 0 Å². The van der Waals surface area contributed by atoms with Crippen LogP contribution in [0.25, 0.3) is 16.8 Å². The number of pyridine rings is 1. The Balaban J connectivity index is 1.36. The molecule has 6 rings (SSSR count). The molecule has 0 aliphatic carbocycles. The number of nitrogens with two attached hydrogens (primary N) is 1. The highest BCUT2D eigenvalue weighted by Gasteiger charge is 2.45. The molecule has 3 N–H and O–H groups in total. The number of piperidine rings is 1. The number of nitrogen functional groups attached to an aromatic ring is 1. The van der Waals surface area contributed by atoms with Gasteiger partial charge in [-0.1, -0.05) is 5.92 Å². The fourth-order valence-electron chi connectivity index (χ4n) is 5.88. The number of carbonyl (C=O) groups excluding carboxylic acids is 2. The summed E-state index contributed by atoms with van der Waals surface area (Å²) >= 11 is 0. The largest absolute Gasteiger partial charge is 0.383 e.